The number of hydrogen-bond donors (Lipinski definition) is 0. The Morgan fingerprint density at radius 2 is 2.00 bits per heavy atom. The van der Waals surface area contributed by atoms with E-state index in [1.54, 1.807) is 0 Å². The average molecular weight is 303 g/mol. The molecular weight excluding hydrogens is 280 g/mol. The van der Waals surface area contributed by atoms with E-state index in [2.05, 4.69) is 36.7 Å². The molecule has 2 fully saturated rings. The normalized spacial score (nSPS) is 44.3. The summed E-state index contributed by atoms with van der Waals surface area (Å²) in [5.74, 6) is 1.29. The Bertz CT molecular complexity index is 326. The second-order valence-electron chi connectivity index (χ2n) is 6.72. The van der Waals surface area contributed by atoms with Crippen LogP contribution in [0.2, 0.25) is 0 Å². The molecule has 2 rings (SSSR count). The molecule has 0 radical (unpaired) electrons. The van der Waals surface area contributed by atoms with Crippen LogP contribution in [-0.4, -0.2) is 16.9 Å². The summed E-state index contributed by atoms with van der Waals surface area (Å²) in [5, 5.41) is 1.04. The number of alkyl halides is 1. The SMILES string of the molecule is CC1C[C@@](C)([C@H]2CC(C)(C)[C@@H]2CCBr)OC1=O. The lowest BCUT2D eigenvalue weighted by Crippen LogP contribution is -2.54. The van der Waals surface area contributed by atoms with Crippen LogP contribution in [-0.2, 0) is 9.53 Å². The van der Waals surface area contributed by atoms with Gasteiger partial charge in [0.15, 0.2) is 0 Å². The molecule has 2 nitrogen and oxygen atoms in total. The summed E-state index contributed by atoms with van der Waals surface area (Å²) >= 11 is 3.55. The minimum Gasteiger partial charge on any atom is -0.459 e. The maximum absolute atomic E-state index is 11.6. The molecule has 1 aliphatic heterocycles. The highest BCUT2D eigenvalue weighted by Crippen LogP contribution is 2.59. The van der Waals surface area contributed by atoms with E-state index in [1.807, 2.05) is 6.92 Å². The highest BCUT2D eigenvalue weighted by molar-refractivity contribution is 9.09. The van der Waals surface area contributed by atoms with E-state index in [9.17, 15) is 4.79 Å². The standard InChI is InChI=1S/C14H23BrO2/c1-9-7-14(4,17-12(9)16)11-8-13(2,3)10(11)5-6-15/h9-11H,5-8H2,1-4H3/t9?,10-,11+,14+/m1/s1. The second-order valence-corrected chi connectivity index (χ2v) is 7.52. The molecule has 4 atom stereocenters. The Kier molecular flexibility index (Phi) is 3.35. The van der Waals surface area contributed by atoms with Gasteiger partial charge >= 0.3 is 5.97 Å². The van der Waals surface area contributed by atoms with Crippen molar-refractivity contribution < 1.29 is 9.53 Å². The van der Waals surface area contributed by atoms with Crippen molar-refractivity contribution in [1.82, 2.24) is 0 Å². The first-order valence-corrected chi connectivity index (χ1v) is 7.71. The van der Waals surface area contributed by atoms with Crippen molar-refractivity contribution in [2.75, 3.05) is 5.33 Å². The van der Waals surface area contributed by atoms with Crippen molar-refractivity contribution in [3.63, 3.8) is 0 Å². The minimum atomic E-state index is -0.209. The highest BCUT2D eigenvalue weighted by Gasteiger charge is 2.58. The first kappa shape index (κ1) is 13.4. The topological polar surface area (TPSA) is 26.3 Å². The lowest BCUT2D eigenvalue weighted by Gasteiger charge is -2.56. The van der Waals surface area contributed by atoms with Gasteiger partial charge in [-0.1, -0.05) is 36.7 Å². The first-order chi connectivity index (χ1) is 7.80. The average Bonchev–Trinajstić information content (AvgIpc) is 2.47. The molecule has 1 saturated carbocycles. The summed E-state index contributed by atoms with van der Waals surface area (Å²) in [6.45, 7) is 8.78. The number of halogens is 1. The van der Waals surface area contributed by atoms with Crippen LogP contribution < -0.4 is 0 Å². The summed E-state index contributed by atoms with van der Waals surface area (Å²) in [5.41, 5.74) is 0.193. The van der Waals surface area contributed by atoms with E-state index in [-0.39, 0.29) is 17.5 Å². The predicted molar refractivity (Wildman–Crippen MR) is 72.1 cm³/mol. The van der Waals surface area contributed by atoms with Crippen LogP contribution in [0.4, 0.5) is 0 Å². The first-order valence-electron chi connectivity index (χ1n) is 6.59. The van der Waals surface area contributed by atoms with Crippen molar-refractivity contribution in [2.45, 2.75) is 52.6 Å². The van der Waals surface area contributed by atoms with Gasteiger partial charge in [0, 0.05) is 17.7 Å². The zero-order valence-corrected chi connectivity index (χ0v) is 12.8. The van der Waals surface area contributed by atoms with Gasteiger partial charge in [-0.15, -0.1) is 0 Å². The number of carbonyl (C=O) groups is 1. The quantitative estimate of drug-likeness (QED) is 0.586. The molecule has 0 spiro atoms. The number of rotatable bonds is 3. The van der Waals surface area contributed by atoms with E-state index >= 15 is 0 Å². The summed E-state index contributed by atoms with van der Waals surface area (Å²) in [6.07, 6.45) is 3.26. The van der Waals surface area contributed by atoms with Crippen molar-refractivity contribution >= 4 is 21.9 Å². The van der Waals surface area contributed by atoms with Gasteiger partial charge in [0.05, 0.1) is 5.92 Å². The number of hydrogen-bond acceptors (Lipinski definition) is 2. The third kappa shape index (κ3) is 2.16. The smallest absolute Gasteiger partial charge is 0.309 e. The fourth-order valence-electron chi connectivity index (χ4n) is 3.89. The Morgan fingerprint density at radius 3 is 2.41 bits per heavy atom. The summed E-state index contributed by atoms with van der Waals surface area (Å²) in [4.78, 5) is 11.6. The van der Waals surface area contributed by atoms with Crippen LogP contribution in [0.1, 0.15) is 47.0 Å². The minimum absolute atomic E-state index is 0.00482. The van der Waals surface area contributed by atoms with Crippen molar-refractivity contribution in [2.24, 2.45) is 23.2 Å². The molecule has 1 heterocycles. The molecule has 0 N–H and O–H groups in total. The van der Waals surface area contributed by atoms with Crippen LogP contribution in [0, 0.1) is 23.2 Å². The molecule has 0 bridgehead atoms. The molecule has 0 amide bonds. The zero-order valence-electron chi connectivity index (χ0n) is 11.3. The molecule has 17 heavy (non-hydrogen) atoms. The van der Waals surface area contributed by atoms with Crippen LogP contribution in [0.25, 0.3) is 0 Å². The highest BCUT2D eigenvalue weighted by atomic mass is 79.9. The van der Waals surface area contributed by atoms with E-state index in [1.165, 1.54) is 12.8 Å². The third-order valence-corrected chi connectivity index (χ3v) is 5.35. The fraction of sp³-hybridized carbons (Fsp3) is 0.929. The maximum atomic E-state index is 11.6. The zero-order chi connectivity index (χ0) is 12.8. The van der Waals surface area contributed by atoms with Crippen LogP contribution in [0.3, 0.4) is 0 Å². The third-order valence-electron chi connectivity index (χ3n) is 4.89. The van der Waals surface area contributed by atoms with E-state index in [4.69, 9.17) is 4.74 Å². The second kappa shape index (κ2) is 4.25. The maximum Gasteiger partial charge on any atom is 0.309 e. The molecule has 98 valence electrons. The molecule has 0 aromatic rings. The molecule has 3 heteroatoms. The van der Waals surface area contributed by atoms with Gasteiger partial charge in [-0.2, -0.15) is 0 Å². The number of esters is 1. The lowest BCUT2D eigenvalue weighted by molar-refractivity contribution is -0.172. The number of cyclic esters (lactones) is 1. The van der Waals surface area contributed by atoms with E-state index in [0.717, 1.165) is 11.8 Å². The predicted octanol–water partition coefficient (Wildman–Crippen LogP) is 3.78. The Morgan fingerprint density at radius 1 is 1.35 bits per heavy atom. The molecule has 1 unspecified atom stereocenters. The van der Waals surface area contributed by atoms with Crippen molar-refractivity contribution in [3.8, 4) is 0 Å². The van der Waals surface area contributed by atoms with Gasteiger partial charge in [0.25, 0.3) is 0 Å². The van der Waals surface area contributed by atoms with Crippen LogP contribution in [0.15, 0.2) is 0 Å². The molecule has 1 aliphatic carbocycles. The van der Waals surface area contributed by atoms with Gasteiger partial charge in [-0.25, -0.2) is 0 Å². The summed E-state index contributed by atoms with van der Waals surface area (Å²) < 4.78 is 5.68. The van der Waals surface area contributed by atoms with Gasteiger partial charge in [0.1, 0.15) is 5.60 Å². The molecule has 0 aromatic carbocycles. The van der Waals surface area contributed by atoms with Gasteiger partial charge in [0.2, 0.25) is 0 Å². The molecule has 1 saturated heterocycles. The molecule has 0 aromatic heterocycles. The monoisotopic (exact) mass is 302 g/mol. The van der Waals surface area contributed by atoms with Gasteiger partial charge < -0.3 is 4.74 Å². The van der Waals surface area contributed by atoms with Gasteiger partial charge in [-0.05, 0) is 31.1 Å². The van der Waals surface area contributed by atoms with Gasteiger partial charge in [-0.3, -0.25) is 4.79 Å². The molecular formula is C14H23BrO2. The summed E-state index contributed by atoms with van der Waals surface area (Å²) in [6, 6.07) is 0. The Balaban J connectivity index is 2.11. The fourth-order valence-corrected chi connectivity index (χ4v) is 4.38. The van der Waals surface area contributed by atoms with Crippen LogP contribution >= 0.6 is 15.9 Å². The molecule has 2 aliphatic rings. The Labute approximate surface area is 113 Å². The largest absolute Gasteiger partial charge is 0.459 e. The van der Waals surface area contributed by atoms with Crippen molar-refractivity contribution in [3.05, 3.63) is 0 Å². The van der Waals surface area contributed by atoms with E-state index in [0.29, 0.717) is 17.3 Å². The number of ether oxygens (including phenoxy) is 1. The summed E-state index contributed by atoms with van der Waals surface area (Å²) in [7, 11) is 0. The lowest BCUT2D eigenvalue weighted by atomic mass is 9.50. The van der Waals surface area contributed by atoms with Crippen molar-refractivity contribution in [1.29, 1.82) is 0 Å². The van der Waals surface area contributed by atoms with Crippen LogP contribution in [0.5, 0.6) is 0 Å². The number of carbonyl (C=O) groups excluding carboxylic acids is 1. The Hall–Kier alpha value is -0.0500. The van der Waals surface area contributed by atoms with E-state index < -0.39 is 0 Å².